The summed E-state index contributed by atoms with van der Waals surface area (Å²) in [5.74, 6) is 0.198. The molecule has 0 bridgehead atoms. The molecule has 1 aromatic carbocycles. The van der Waals surface area contributed by atoms with Crippen molar-refractivity contribution in [3.8, 4) is 5.75 Å². The average molecular weight is 195 g/mol. The van der Waals surface area contributed by atoms with E-state index in [2.05, 4.69) is 5.32 Å². The van der Waals surface area contributed by atoms with E-state index in [0.29, 0.717) is 5.69 Å². The van der Waals surface area contributed by atoms with Gasteiger partial charge in [0.15, 0.2) is 0 Å². The molecule has 2 N–H and O–H groups in total. The average Bonchev–Trinajstić information content (AvgIpc) is 2.09. The molecule has 1 aliphatic rings. The minimum Gasteiger partial charge on any atom is -0.506 e. The lowest BCUT2D eigenvalue weighted by atomic mass is 10.2. The first-order valence-corrected chi connectivity index (χ1v) is 4.80. The fourth-order valence-corrected chi connectivity index (χ4v) is 2.09. The first-order chi connectivity index (χ1) is 6.18. The number of para-hydroxylation sites is 1. The number of rotatable bonds is 0. The Labute approximate surface area is 80.1 Å². The van der Waals surface area contributed by atoms with Crippen LogP contribution in [0.2, 0.25) is 0 Å². The molecule has 1 heterocycles. The summed E-state index contributed by atoms with van der Waals surface area (Å²) >= 11 is 1.17. The van der Waals surface area contributed by atoms with Gasteiger partial charge < -0.3 is 10.4 Å². The lowest BCUT2D eigenvalue weighted by Gasteiger charge is -2.22. The summed E-state index contributed by atoms with van der Waals surface area (Å²) in [6.07, 6.45) is 0. The molecule has 4 heteroatoms. The third-order valence-electron chi connectivity index (χ3n) is 1.93. The Bertz CT molecular complexity index is 365. The maximum Gasteiger partial charge on any atom is 0.215 e. The topological polar surface area (TPSA) is 49.3 Å². The van der Waals surface area contributed by atoms with Crippen LogP contribution in [-0.2, 0) is 4.79 Å². The van der Waals surface area contributed by atoms with Gasteiger partial charge in [0.2, 0.25) is 5.12 Å². The Morgan fingerprint density at radius 2 is 2.31 bits per heavy atom. The molecule has 0 spiro atoms. The minimum absolute atomic E-state index is 0.0816. The van der Waals surface area contributed by atoms with Crippen molar-refractivity contribution in [3.63, 3.8) is 0 Å². The van der Waals surface area contributed by atoms with Crippen LogP contribution in [0, 0.1) is 0 Å². The highest BCUT2D eigenvalue weighted by Gasteiger charge is 2.24. The second-order valence-corrected chi connectivity index (χ2v) is 3.98. The number of hydrogen-bond donors (Lipinski definition) is 2. The fourth-order valence-electron chi connectivity index (χ4n) is 1.22. The van der Waals surface area contributed by atoms with E-state index in [4.69, 9.17) is 0 Å². The number of phenols is 1. The quantitative estimate of drug-likeness (QED) is 0.620. The van der Waals surface area contributed by atoms with E-state index in [9.17, 15) is 9.90 Å². The smallest absolute Gasteiger partial charge is 0.215 e. The molecule has 2 rings (SSSR count). The van der Waals surface area contributed by atoms with Crippen LogP contribution in [0.3, 0.4) is 0 Å². The number of hydrogen-bond acceptors (Lipinski definition) is 4. The van der Waals surface area contributed by atoms with Crippen LogP contribution in [0.25, 0.3) is 0 Å². The molecular formula is C9H9NO2S. The van der Waals surface area contributed by atoms with Gasteiger partial charge in [-0.2, -0.15) is 0 Å². The number of thioether (sulfide) groups is 1. The molecule has 0 aromatic heterocycles. The van der Waals surface area contributed by atoms with Gasteiger partial charge in [0.1, 0.15) is 5.75 Å². The predicted molar refractivity (Wildman–Crippen MR) is 52.1 cm³/mol. The van der Waals surface area contributed by atoms with Crippen molar-refractivity contribution < 1.29 is 9.90 Å². The number of aromatic hydroxyl groups is 1. The van der Waals surface area contributed by atoms with Crippen LogP contribution in [-0.4, -0.2) is 16.3 Å². The zero-order chi connectivity index (χ0) is 9.42. The lowest BCUT2D eigenvalue weighted by Crippen LogP contribution is -2.27. The Hall–Kier alpha value is -1.16. The summed E-state index contributed by atoms with van der Waals surface area (Å²) in [5.41, 5.74) is 0.666. The van der Waals surface area contributed by atoms with E-state index < -0.39 is 0 Å². The van der Waals surface area contributed by atoms with E-state index in [0.717, 1.165) is 4.90 Å². The largest absolute Gasteiger partial charge is 0.506 e. The molecule has 1 aliphatic heterocycles. The molecule has 1 atom stereocenters. The molecule has 0 fully saturated rings. The van der Waals surface area contributed by atoms with E-state index in [1.54, 1.807) is 19.1 Å². The summed E-state index contributed by atoms with van der Waals surface area (Å²) in [5, 5.41) is 12.5. The molecule has 0 saturated carbocycles. The van der Waals surface area contributed by atoms with Crippen molar-refractivity contribution in [3.05, 3.63) is 18.2 Å². The van der Waals surface area contributed by atoms with E-state index in [-0.39, 0.29) is 16.9 Å². The predicted octanol–water partition coefficient (Wildman–Crippen LogP) is 1.82. The van der Waals surface area contributed by atoms with Crippen LogP contribution in [0.5, 0.6) is 5.75 Å². The SMILES string of the molecule is CC1Nc2c(O)cccc2SC1=O. The molecule has 0 amide bonds. The normalized spacial score (nSPS) is 20.7. The molecule has 0 saturated heterocycles. The number of fused-ring (bicyclic) bond motifs is 1. The summed E-state index contributed by atoms with van der Waals surface area (Å²) in [6.45, 7) is 1.78. The van der Waals surface area contributed by atoms with Crippen molar-refractivity contribution in [2.45, 2.75) is 17.9 Å². The van der Waals surface area contributed by atoms with E-state index in [1.807, 2.05) is 6.07 Å². The third kappa shape index (κ3) is 1.37. The summed E-state index contributed by atoms with van der Waals surface area (Å²) < 4.78 is 0. The summed E-state index contributed by atoms with van der Waals surface area (Å²) in [7, 11) is 0. The highest BCUT2D eigenvalue weighted by Crippen LogP contribution is 2.39. The monoisotopic (exact) mass is 195 g/mol. The number of nitrogens with one attached hydrogen (secondary N) is 1. The number of anilines is 1. The molecule has 13 heavy (non-hydrogen) atoms. The molecule has 0 aliphatic carbocycles. The number of carbonyl (C=O) groups is 1. The molecule has 1 unspecified atom stereocenters. The number of phenolic OH excluding ortho intramolecular Hbond substituents is 1. The van der Waals surface area contributed by atoms with Gasteiger partial charge in [-0.15, -0.1) is 0 Å². The van der Waals surface area contributed by atoms with Gasteiger partial charge in [-0.25, -0.2) is 0 Å². The van der Waals surface area contributed by atoms with Crippen LogP contribution in [0.1, 0.15) is 6.92 Å². The van der Waals surface area contributed by atoms with Crippen molar-refractivity contribution >= 4 is 22.6 Å². The fraction of sp³-hybridized carbons (Fsp3) is 0.222. The van der Waals surface area contributed by atoms with Crippen LogP contribution in [0.15, 0.2) is 23.1 Å². The van der Waals surface area contributed by atoms with Gasteiger partial charge in [0.05, 0.1) is 11.7 Å². The third-order valence-corrected chi connectivity index (χ3v) is 3.04. The Morgan fingerprint density at radius 3 is 3.08 bits per heavy atom. The zero-order valence-corrected chi connectivity index (χ0v) is 7.89. The van der Waals surface area contributed by atoms with Gasteiger partial charge in [-0.05, 0) is 30.8 Å². The van der Waals surface area contributed by atoms with Crippen LogP contribution < -0.4 is 5.32 Å². The molecule has 0 radical (unpaired) electrons. The van der Waals surface area contributed by atoms with Crippen LogP contribution in [0.4, 0.5) is 5.69 Å². The highest BCUT2D eigenvalue weighted by molar-refractivity contribution is 8.14. The second-order valence-electron chi connectivity index (χ2n) is 2.94. The van der Waals surface area contributed by atoms with Gasteiger partial charge >= 0.3 is 0 Å². The van der Waals surface area contributed by atoms with Crippen molar-refractivity contribution in [2.75, 3.05) is 5.32 Å². The first kappa shape index (κ1) is 8.44. The zero-order valence-electron chi connectivity index (χ0n) is 7.07. The van der Waals surface area contributed by atoms with Crippen molar-refractivity contribution in [1.82, 2.24) is 0 Å². The molecule has 1 aromatic rings. The van der Waals surface area contributed by atoms with Gasteiger partial charge in [-0.3, -0.25) is 4.79 Å². The van der Waals surface area contributed by atoms with Gasteiger partial charge in [-0.1, -0.05) is 6.07 Å². The number of benzene rings is 1. The highest BCUT2D eigenvalue weighted by atomic mass is 32.2. The van der Waals surface area contributed by atoms with Gasteiger partial charge in [0.25, 0.3) is 0 Å². The Morgan fingerprint density at radius 1 is 1.54 bits per heavy atom. The molecule has 3 nitrogen and oxygen atoms in total. The summed E-state index contributed by atoms with van der Waals surface area (Å²) in [4.78, 5) is 12.1. The van der Waals surface area contributed by atoms with Crippen LogP contribution >= 0.6 is 11.8 Å². The maximum absolute atomic E-state index is 11.3. The maximum atomic E-state index is 11.3. The minimum atomic E-state index is -0.231. The Balaban J connectivity index is 2.48. The number of carbonyl (C=O) groups excluding carboxylic acids is 1. The standard InChI is InChI=1S/C9H9NO2S/c1-5-9(12)13-7-4-2-3-6(11)8(7)10-5/h2-5,10-11H,1H3. The summed E-state index contributed by atoms with van der Waals surface area (Å²) in [6, 6.07) is 4.92. The molecular weight excluding hydrogens is 186 g/mol. The van der Waals surface area contributed by atoms with Crippen molar-refractivity contribution in [2.24, 2.45) is 0 Å². The van der Waals surface area contributed by atoms with Crippen molar-refractivity contribution in [1.29, 1.82) is 0 Å². The first-order valence-electron chi connectivity index (χ1n) is 3.98. The van der Waals surface area contributed by atoms with Gasteiger partial charge in [0, 0.05) is 4.90 Å². The second kappa shape index (κ2) is 2.96. The Kier molecular flexibility index (Phi) is 1.92. The van der Waals surface area contributed by atoms with E-state index in [1.165, 1.54) is 11.8 Å². The molecule has 68 valence electrons. The lowest BCUT2D eigenvalue weighted by molar-refractivity contribution is -0.111. The van der Waals surface area contributed by atoms with E-state index >= 15 is 0 Å².